The summed E-state index contributed by atoms with van der Waals surface area (Å²) in [7, 11) is 0. The Bertz CT molecular complexity index is 481. The smallest absolute Gasteiger partial charge is 0.334 e. The molecule has 2 rings (SSSR count). The Labute approximate surface area is 102 Å². The van der Waals surface area contributed by atoms with E-state index in [1.165, 1.54) is 11.1 Å². The highest BCUT2D eigenvalue weighted by atomic mass is 16.5. The molecule has 1 aliphatic carbocycles. The zero-order chi connectivity index (χ0) is 12.3. The van der Waals surface area contributed by atoms with E-state index in [0.29, 0.717) is 13.0 Å². The molecule has 0 saturated heterocycles. The van der Waals surface area contributed by atoms with Gasteiger partial charge in [-0.15, -0.1) is 0 Å². The van der Waals surface area contributed by atoms with Gasteiger partial charge in [0.05, 0.1) is 6.61 Å². The lowest BCUT2D eigenvalue weighted by Gasteiger charge is -2.05. The molecule has 1 aromatic carbocycles. The first-order valence-electron chi connectivity index (χ1n) is 5.85. The van der Waals surface area contributed by atoms with Gasteiger partial charge in [-0.25, -0.2) is 4.79 Å². The molecule has 0 radical (unpaired) electrons. The number of allylic oxidation sites excluding steroid dienone is 3. The SMILES string of the molecule is CCOC(=O)C1=C(C)C=C(c2ccccc2)C1. The number of rotatable bonds is 3. The molecule has 0 unspecified atom stereocenters. The molecule has 0 bridgehead atoms. The van der Waals surface area contributed by atoms with Crippen LogP contribution in [0, 0.1) is 0 Å². The Kier molecular flexibility index (Phi) is 3.43. The van der Waals surface area contributed by atoms with Gasteiger partial charge in [0.25, 0.3) is 0 Å². The quantitative estimate of drug-likeness (QED) is 0.741. The lowest BCUT2D eigenvalue weighted by Crippen LogP contribution is -2.07. The number of esters is 1. The van der Waals surface area contributed by atoms with Crippen LogP contribution in [0.3, 0.4) is 0 Å². The fraction of sp³-hybridized carbons (Fsp3) is 0.267. The van der Waals surface area contributed by atoms with E-state index >= 15 is 0 Å². The molecule has 0 spiro atoms. The van der Waals surface area contributed by atoms with Crippen molar-refractivity contribution in [3.63, 3.8) is 0 Å². The topological polar surface area (TPSA) is 26.3 Å². The number of hydrogen-bond donors (Lipinski definition) is 0. The van der Waals surface area contributed by atoms with E-state index in [-0.39, 0.29) is 5.97 Å². The van der Waals surface area contributed by atoms with Gasteiger partial charge in [-0.2, -0.15) is 0 Å². The van der Waals surface area contributed by atoms with Gasteiger partial charge in [-0.1, -0.05) is 36.4 Å². The highest BCUT2D eigenvalue weighted by Gasteiger charge is 2.21. The fourth-order valence-corrected chi connectivity index (χ4v) is 2.02. The van der Waals surface area contributed by atoms with Crippen LogP contribution in [0.25, 0.3) is 5.57 Å². The van der Waals surface area contributed by atoms with Crippen LogP contribution in [-0.2, 0) is 9.53 Å². The first-order valence-corrected chi connectivity index (χ1v) is 5.85. The molecular weight excluding hydrogens is 212 g/mol. The van der Waals surface area contributed by atoms with Crippen molar-refractivity contribution in [3.8, 4) is 0 Å². The first-order chi connectivity index (χ1) is 8.22. The second-order valence-corrected chi connectivity index (χ2v) is 4.09. The maximum Gasteiger partial charge on any atom is 0.334 e. The maximum atomic E-state index is 11.7. The molecule has 0 heterocycles. The van der Waals surface area contributed by atoms with E-state index in [1.807, 2.05) is 32.0 Å². The summed E-state index contributed by atoms with van der Waals surface area (Å²) in [6.45, 7) is 4.22. The molecule has 0 aromatic heterocycles. The van der Waals surface area contributed by atoms with Gasteiger partial charge in [0.1, 0.15) is 0 Å². The standard InChI is InChI=1S/C15H16O2/c1-3-17-15(16)14-10-13(9-11(14)2)12-7-5-4-6-8-12/h4-9H,3,10H2,1-2H3. The third-order valence-electron chi connectivity index (χ3n) is 2.90. The zero-order valence-corrected chi connectivity index (χ0v) is 10.2. The minimum Gasteiger partial charge on any atom is -0.463 e. The normalized spacial score (nSPS) is 14.8. The lowest BCUT2D eigenvalue weighted by molar-refractivity contribution is -0.138. The van der Waals surface area contributed by atoms with Gasteiger partial charge >= 0.3 is 5.97 Å². The summed E-state index contributed by atoms with van der Waals surface area (Å²) in [4.78, 5) is 11.7. The molecule has 0 fully saturated rings. The van der Waals surface area contributed by atoms with E-state index in [4.69, 9.17) is 4.74 Å². The van der Waals surface area contributed by atoms with Gasteiger partial charge in [0.2, 0.25) is 0 Å². The van der Waals surface area contributed by atoms with Crippen LogP contribution in [0.5, 0.6) is 0 Å². The summed E-state index contributed by atoms with van der Waals surface area (Å²) in [5.41, 5.74) is 4.16. The largest absolute Gasteiger partial charge is 0.463 e. The van der Waals surface area contributed by atoms with Crippen LogP contribution in [-0.4, -0.2) is 12.6 Å². The Morgan fingerprint density at radius 3 is 2.65 bits per heavy atom. The van der Waals surface area contributed by atoms with Crippen LogP contribution < -0.4 is 0 Å². The lowest BCUT2D eigenvalue weighted by atomic mass is 10.0. The highest BCUT2D eigenvalue weighted by molar-refractivity contribution is 5.96. The summed E-state index contributed by atoms with van der Waals surface area (Å²) in [5, 5.41) is 0. The second-order valence-electron chi connectivity index (χ2n) is 4.09. The number of hydrogen-bond acceptors (Lipinski definition) is 2. The molecule has 0 aliphatic heterocycles. The number of carbonyl (C=O) groups excluding carboxylic acids is 1. The molecule has 0 saturated carbocycles. The minimum atomic E-state index is -0.188. The summed E-state index contributed by atoms with van der Waals surface area (Å²) in [5.74, 6) is -0.188. The van der Waals surface area contributed by atoms with Gasteiger partial charge in [0.15, 0.2) is 0 Å². The number of benzene rings is 1. The van der Waals surface area contributed by atoms with Crippen molar-refractivity contribution >= 4 is 11.5 Å². The van der Waals surface area contributed by atoms with Crippen molar-refractivity contribution < 1.29 is 9.53 Å². The monoisotopic (exact) mass is 228 g/mol. The molecule has 17 heavy (non-hydrogen) atoms. The van der Waals surface area contributed by atoms with E-state index in [1.54, 1.807) is 0 Å². The maximum absolute atomic E-state index is 11.7. The van der Waals surface area contributed by atoms with Crippen molar-refractivity contribution in [3.05, 3.63) is 53.1 Å². The van der Waals surface area contributed by atoms with Crippen molar-refractivity contribution in [2.75, 3.05) is 6.61 Å². The highest BCUT2D eigenvalue weighted by Crippen LogP contribution is 2.32. The summed E-state index contributed by atoms with van der Waals surface area (Å²) >= 11 is 0. The van der Waals surface area contributed by atoms with Crippen molar-refractivity contribution in [1.29, 1.82) is 0 Å². The van der Waals surface area contributed by atoms with Crippen LogP contribution in [0.2, 0.25) is 0 Å². The molecule has 2 heteroatoms. The Morgan fingerprint density at radius 1 is 1.29 bits per heavy atom. The van der Waals surface area contributed by atoms with Crippen LogP contribution in [0.1, 0.15) is 25.8 Å². The predicted octanol–water partition coefficient (Wildman–Crippen LogP) is 3.35. The minimum absolute atomic E-state index is 0.188. The van der Waals surface area contributed by atoms with Crippen molar-refractivity contribution in [1.82, 2.24) is 0 Å². The summed E-state index contributed by atoms with van der Waals surface area (Å²) in [6.07, 6.45) is 2.75. The predicted molar refractivity (Wildman–Crippen MR) is 68.4 cm³/mol. The molecular formula is C15H16O2. The van der Waals surface area contributed by atoms with E-state index in [9.17, 15) is 4.79 Å². The summed E-state index contributed by atoms with van der Waals surface area (Å²) < 4.78 is 5.05. The molecule has 0 amide bonds. The van der Waals surface area contributed by atoms with E-state index in [2.05, 4.69) is 18.2 Å². The third-order valence-corrected chi connectivity index (χ3v) is 2.90. The Balaban J connectivity index is 2.16. The average Bonchev–Trinajstić information content (AvgIpc) is 2.73. The summed E-state index contributed by atoms with van der Waals surface area (Å²) in [6, 6.07) is 10.1. The van der Waals surface area contributed by atoms with Gasteiger partial charge < -0.3 is 4.74 Å². The molecule has 1 aromatic rings. The van der Waals surface area contributed by atoms with E-state index < -0.39 is 0 Å². The fourth-order valence-electron chi connectivity index (χ4n) is 2.02. The molecule has 88 valence electrons. The molecule has 0 N–H and O–H groups in total. The van der Waals surface area contributed by atoms with Crippen LogP contribution in [0.15, 0.2) is 47.6 Å². The van der Waals surface area contributed by atoms with Gasteiger partial charge in [-0.05, 0) is 30.6 Å². The average molecular weight is 228 g/mol. The number of ether oxygens (including phenoxy) is 1. The van der Waals surface area contributed by atoms with Crippen molar-refractivity contribution in [2.24, 2.45) is 0 Å². The van der Waals surface area contributed by atoms with Gasteiger partial charge in [0, 0.05) is 12.0 Å². The zero-order valence-electron chi connectivity index (χ0n) is 10.2. The number of carbonyl (C=O) groups is 1. The molecule has 0 atom stereocenters. The third kappa shape index (κ3) is 2.47. The Morgan fingerprint density at radius 2 is 2.00 bits per heavy atom. The second kappa shape index (κ2) is 5.00. The molecule has 2 nitrogen and oxygen atoms in total. The van der Waals surface area contributed by atoms with Crippen molar-refractivity contribution in [2.45, 2.75) is 20.3 Å². The van der Waals surface area contributed by atoms with Crippen LogP contribution >= 0.6 is 0 Å². The molecule has 1 aliphatic rings. The Hall–Kier alpha value is -1.83. The van der Waals surface area contributed by atoms with E-state index in [0.717, 1.165) is 11.1 Å². The van der Waals surface area contributed by atoms with Crippen LogP contribution in [0.4, 0.5) is 0 Å². The van der Waals surface area contributed by atoms with Gasteiger partial charge in [-0.3, -0.25) is 0 Å². The first kappa shape index (κ1) is 11.6.